The molecule has 0 saturated carbocycles. The highest BCUT2D eigenvalue weighted by Crippen LogP contribution is 2.28. The molecule has 1 rings (SSSR count). The fourth-order valence-electron chi connectivity index (χ4n) is 1.49. The molecule has 1 aromatic rings. The van der Waals surface area contributed by atoms with Gasteiger partial charge in [0.15, 0.2) is 11.5 Å². The molecule has 1 atom stereocenters. The molecule has 0 aliphatic carbocycles. The Morgan fingerprint density at radius 2 is 2.07 bits per heavy atom. The van der Waals surface area contributed by atoms with Crippen molar-refractivity contribution in [2.24, 2.45) is 5.73 Å². The topological polar surface area (TPSA) is 44.5 Å². The minimum Gasteiger partial charge on any atom is -0.493 e. The second kappa shape index (κ2) is 5.61. The van der Waals surface area contributed by atoms with Crippen LogP contribution in [0.2, 0.25) is 0 Å². The molecule has 15 heavy (non-hydrogen) atoms. The Morgan fingerprint density at radius 1 is 1.33 bits per heavy atom. The van der Waals surface area contributed by atoms with E-state index in [2.05, 4.69) is 0 Å². The molecule has 0 saturated heterocycles. The molecule has 0 amide bonds. The van der Waals surface area contributed by atoms with E-state index in [1.165, 1.54) is 5.56 Å². The van der Waals surface area contributed by atoms with Crippen LogP contribution < -0.4 is 15.2 Å². The van der Waals surface area contributed by atoms with Gasteiger partial charge in [0.25, 0.3) is 0 Å². The first kappa shape index (κ1) is 11.9. The summed E-state index contributed by atoms with van der Waals surface area (Å²) in [5.74, 6) is 1.56. The molecule has 0 aliphatic heterocycles. The van der Waals surface area contributed by atoms with Crippen LogP contribution in [0, 0.1) is 0 Å². The van der Waals surface area contributed by atoms with E-state index in [0.717, 1.165) is 17.9 Å². The van der Waals surface area contributed by atoms with Crippen molar-refractivity contribution < 1.29 is 9.47 Å². The van der Waals surface area contributed by atoms with E-state index in [1.807, 2.05) is 32.0 Å². The van der Waals surface area contributed by atoms with Gasteiger partial charge in [0.05, 0.1) is 13.7 Å². The number of methoxy groups -OCH3 is 1. The number of rotatable bonds is 5. The summed E-state index contributed by atoms with van der Waals surface area (Å²) in [6.45, 7) is 4.58. The van der Waals surface area contributed by atoms with Crippen LogP contribution in [0.15, 0.2) is 18.2 Å². The van der Waals surface area contributed by atoms with Gasteiger partial charge in [-0.3, -0.25) is 0 Å². The van der Waals surface area contributed by atoms with Crippen molar-refractivity contribution in [2.75, 3.05) is 13.7 Å². The molecule has 84 valence electrons. The fraction of sp³-hybridized carbons (Fsp3) is 0.500. The van der Waals surface area contributed by atoms with Gasteiger partial charge in [-0.15, -0.1) is 0 Å². The molecule has 1 unspecified atom stereocenters. The van der Waals surface area contributed by atoms with E-state index in [9.17, 15) is 0 Å². The zero-order valence-electron chi connectivity index (χ0n) is 9.62. The molecule has 3 nitrogen and oxygen atoms in total. The van der Waals surface area contributed by atoms with Crippen LogP contribution in [-0.2, 0) is 6.42 Å². The second-order valence-electron chi connectivity index (χ2n) is 3.60. The van der Waals surface area contributed by atoms with Gasteiger partial charge in [-0.05, 0) is 38.0 Å². The Bertz CT molecular complexity index is 310. The van der Waals surface area contributed by atoms with Crippen LogP contribution in [-0.4, -0.2) is 19.8 Å². The van der Waals surface area contributed by atoms with Crippen molar-refractivity contribution in [3.63, 3.8) is 0 Å². The molecule has 0 aromatic heterocycles. The Hall–Kier alpha value is -1.22. The Kier molecular flexibility index (Phi) is 4.43. The zero-order valence-corrected chi connectivity index (χ0v) is 9.62. The van der Waals surface area contributed by atoms with Crippen molar-refractivity contribution in [1.29, 1.82) is 0 Å². The van der Waals surface area contributed by atoms with Crippen LogP contribution in [0.3, 0.4) is 0 Å². The monoisotopic (exact) mass is 209 g/mol. The highest BCUT2D eigenvalue weighted by atomic mass is 16.5. The van der Waals surface area contributed by atoms with Gasteiger partial charge >= 0.3 is 0 Å². The van der Waals surface area contributed by atoms with E-state index in [1.54, 1.807) is 7.11 Å². The number of nitrogens with two attached hydrogens (primary N) is 1. The maximum absolute atomic E-state index is 5.75. The predicted octanol–water partition coefficient (Wildman–Crippen LogP) is 1.98. The molecule has 0 fully saturated rings. The lowest BCUT2D eigenvalue weighted by atomic mass is 10.1. The van der Waals surface area contributed by atoms with Crippen LogP contribution >= 0.6 is 0 Å². The van der Waals surface area contributed by atoms with Crippen molar-refractivity contribution in [2.45, 2.75) is 26.3 Å². The fourth-order valence-corrected chi connectivity index (χ4v) is 1.49. The predicted molar refractivity (Wildman–Crippen MR) is 61.5 cm³/mol. The minimum atomic E-state index is 0.160. The summed E-state index contributed by atoms with van der Waals surface area (Å²) < 4.78 is 10.7. The molecule has 3 heteroatoms. The van der Waals surface area contributed by atoms with E-state index >= 15 is 0 Å². The molecule has 0 heterocycles. The van der Waals surface area contributed by atoms with Crippen molar-refractivity contribution >= 4 is 0 Å². The number of hydrogen-bond donors (Lipinski definition) is 1. The SMILES string of the molecule is CCOc1cc(CC(C)N)ccc1OC. The molecular formula is C12H19NO2. The Balaban J connectivity index is 2.88. The van der Waals surface area contributed by atoms with E-state index in [0.29, 0.717) is 6.61 Å². The van der Waals surface area contributed by atoms with Gasteiger partial charge < -0.3 is 15.2 Å². The molecular weight excluding hydrogens is 190 g/mol. The van der Waals surface area contributed by atoms with Gasteiger partial charge in [0, 0.05) is 6.04 Å². The molecule has 2 N–H and O–H groups in total. The maximum Gasteiger partial charge on any atom is 0.161 e. The van der Waals surface area contributed by atoms with Crippen molar-refractivity contribution in [3.05, 3.63) is 23.8 Å². The third-order valence-corrected chi connectivity index (χ3v) is 2.09. The highest BCUT2D eigenvalue weighted by Gasteiger charge is 2.06. The van der Waals surface area contributed by atoms with Crippen LogP contribution in [0.5, 0.6) is 11.5 Å². The smallest absolute Gasteiger partial charge is 0.161 e. The first-order valence-corrected chi connectivity index (χ1v) is 5.22. The second-order valence-corrected chi connectivity index (χ2v) is 3.60. The number of benzene rings is 1. The van der Waals surface area contributed by atoms with Gasteiger partial charge in [-0.1, -0.05) is 6.07 Å². The lowest BCUT2D eigenvalue weighted by Gasteiger charge is -2.12. The minimum absolute atomic E-state index is 0.160. The standard InChI is InChI=1S/C12H19NO2/c1-4-15-12-8-10(7-9(2)13)5-6-11(12)14-3/h5-6,8-9H,4,7,13H2,1-3H3. The Labute approximate surface area is 91.2 Å². The molecule has 0 bridgehead atoms. The summed E-state index contributed by atoms with van der Waals surface area (Å²) in [5.41, 5.74) is 6.92. The van der Waals surface area contributed by atoms with E-state index in [4.69, 9.17) is 15.2 Å². The lowest BCUT2D eigenvalue weighted by Crippen LogP contribution is -2.17. The van der Waals surface area contributed by atoms with Crippen LogP contribution in [0.25, 0.3) is 0 Å². The van der Waals surface area contributed by atoms with Gasteiger partial charge in [-0.2, -0.15) is 0 Å². The molecule has 0 radical (unpaired) electrons. The summed E-state index contributed by atoms with van der Waals surface area (Å²) in [6.07, 6.45) is 0.851. The summed E-state index contributed by atoms with van der Waals surface area (Å²) >= 11 is 0. The maximum atomic E-state index is 5.75. The quantitative estimate of drug-likeness (QED) is 0.806. The van der Waals surface area contributed by atoms with Gasteiger partial charge in [0.2, 0.25) is 0 Å². The Morgan fingerprint density at radius 3 is 2.60 bits per heavy atom. The van der Waals surface area contributed by atoms with Crippen molar-refractivity contribution in [3.8, 4) is 11.5 Å². The number of hydrogen-bond acceptors (Lipinski definition) is 3. The zero-order chi connectivity index (χ0) is 11.3. The van der Waals surface area contributed by atoms with E-state index in [-0.39, 0.29) is 6.04 Å². The highest BCUT2D eigenvalue weighted by molar-refractivity contribution is 5.43. The normalized spacial score (nSPS) is 12.3. The third-order valence-electron chi connectivity index (χ3n) is 2.09. The van der Waals surface area contributed by atoms with Gasteiger partial charge in [-0.25, -0.2) is 0 Å². The van der Waals surface area contributed by atoms with Gasteiger partial charge in [0.1, 0.15) is 0 Å². The number of ether oxygens (including phenoxy) is 2. The van der Waals surface area contributed by atoms with Crippen LogP contribution in [0.1, 0.15) is 19.4 Å². The summed E-state index contributed by atoms with van der Waals surface area (Å²) in [6, 6.07) is 6.09. The first-order chi connectivity index (χ1) is 7.17. The average molecular weight is 209 g/mol. The van der Waals surface area contributed by atoms with E-state index < -0.39 is 0 Å². The molecule has 0 aliphatic rings. The average Bonchev–Trinajstić information content (AvgIpc) is 2.18. The largest absolute Gasteiger partial charge is 0.493 e. The third kappa shape index (κ3) is 3.44. The first-order valence-electron chi connectivity index (χ1n) is 5.22. The van der Waals surface area contributed by atoms with Crippen molar-refractivity contribution in [1.82, 2.24) is 0 Å². The molecule has 0 spiro atoms. The summed E-state index contributed by atoms with van der Waals surface area (Å²) in [5, 5.41) is 0. The molecule has 1 aromatic carbocycles. The van der Waals surface area contributed by atoms with Crippen LogP contribution in [0.4, 0.5) is 0 Å². The summed E-state index contributed by atoms with van der Waals surface area (Å²) in [7, 11) is 1.64. The lowest BCUT2D eigenvalue weighted by molar-refractivity contribution is 0.310. The summed E-state index contributed by atoms with van der Waals surface area (Å²) in [4.78, 5) is 0.